The van der Waals surface area contributed by atoms with E-state index in [1.165, 1.54) is 36.0 Å². The van der Waals surface area contributed by atoms with Crippen molar-refractivity contribution in [1.29, 1.82) is 0 Å². The first-order valence-corrected chi connectivity index (χ1v) is 9.93. The van der Waals surface area contributed by atoms with Crippen molar-refractivity contribution in [1.82, 2.24) is 4.90 Å². The molecule has 8 heteroatoms. The Balaban J connectivity index is 1.84. The number of imide groups is 1. The maximum Gasteiger partial charge on any atom is 0.335 e. The van der Waals surface area contributed by atoms with Crippen LogP contribution in [0, 0.1) is 0 Å². The number of anilines is 1. The zero-order valence-electron chi connectivity index (χ0n) is 15.0. The van der Waals surface area contributed by atoms with Crippen LogP contribution in [0.4, 0.5) is 5.69 Å². The molecule has 2 N–H and O–H groups in total. The van der Waals surface area contributed by atoms with Gasteiger partial charge in [0.15, 0.2) is 0 Å². The number of hydrogen-bond donors (Lipinski definition) is 2. The Morgan fingerprint density at radius 3 is 2.11 bits per heavy atom. The van der Waals surface area contributed by atoms with Crippen LogP contribution in [0.2, 0.25) is 0 Å². The lowest BCUT2D eigenvalue weighted by molar-refractivity contribution is -0.120. The van der Waals surface area contributed by atoms with Crippen molar-refractivity contribution in [3.8, 4) is 0 Å². The van der Waals surface area contributed by atoms with Gasteiger partial charge in [-0.05, 0) is 54.8 Å². The minimum atomic E-state index is -1.07. The minimum absolute atomic E-state index is 0.0947. The second kappa shape index (κ2) is 8.26. The molecule has 1 atom stereocenters. The molecule has 0 aromatic heterocycles. The molecule has 0 bridgehead atoms. The molecule has 0 aliphatic carbocycles. The third-order valence-electron chi connectivity index (χ3n) is 4.43. The molecule has 1 aliphatic rings. The van der Waals surface area contributed by atoms with Crippen LogP contribution in [0.25, 0.3) is 0 Å². The molecule has 3 amide bonds. The highest BCUT2D eigenvalue weighted by Crippen LogP contribution is 2.26. The lowest BCUT2D eigenvalue weighted by Gasteiger charge is -2.25. The molecule has 144 valence electrons. The Morgan fingerprint density at radius 1 is 1.04 bits per heavy atom. The van der Waals surface area contributed by atoms with Gasteiger partial charge in [0, 0.05) is 5.69 Å². The monoisotopic (exact) mass is 398 g/mol. The maximum absolute atomic E-state index is 12.9. The zero-order chi connectivity index (χ0) is 20.3. The summed E-state index contributed by atoms with van der Waals surface area (Å²) in [5.41, 5.74) is 1.07. The summed E-state index contributed by atoms with van der Waals surface area (Å²) in [5.74, 6) is -1.94. The SMILES string of the molecule is CSCC[C@H](C(=O)Nc1ccc(C(=O)O)cc1)N1C(=O)c2ccccc2C1=O. The number of carboxylic acids is 1. The third kappa shape index (κ3) is 3.77. The second-order valence-electron chi connectivity index (χ2n) is 6.19. The Morgan fingerprint density at radius 2 is 1.61 bits per heavy atom. The van der Waals surface area contributed by atoms with Gasteiger partial charge in [0.05, 0.1) is 16.7 Å². The summed E-state index contributed by atoms with van der Waals surface area (Å²) < 4.78 is 0. The first-order valence-electron chi connectivity index (χ1n) is 8.54. The molecule has 1 heterocycles. The van der Waals surface area contributed by atoms with Crippen molar-refractivity contribution in [2.24, 2.45) is 0 Å². The van der Waals surface area contributed by atoms with Crippen LogP contribution in [-0.4, -0.2) is 51.7 Å². The molecule has 0 radical (unpaired) electrons. The highest BCUT2D eigenvalue weighted by molar-refractivity contribution is 7.98. The molecular formula is C20H18N2O5S. The van der Waals surface area contributed by atoms with E-state index in [2.05, 4.69) is 5.32 Å². The first kappa shape index (κ1) is 19.6. The van der Waals surface area contributed by atoms with Crippen molar-refractivity contribution in [3.63, 3.8) is 0 Å². The second-order valence-corrected chi connectivity index (χ2v) is 7.18. The van der Waals surface area contributed by atoms with E-state index < -0.39 is 29.7 Å². The molecule has 3 rings (SSSR count). The van der Waals surface area contributed by atoms with Gasteiger partial charge in [-0.1, -0.05) is 12.1 Å². The lowest BCUT2D eigenvalue weighted by atomic mass is 10.1. The van der Waals surface area contributed by atoms with Gasteiger partial charge in [-0.25, -0.2) is 4.79 Å². The lowest BCUT2D eigenvalue weighted by Crippen LogP contribution is -2.47. The number of carbonyl (C=O) groups excluding carboxylic acids is 3. The number of nitrogens with one attached hydrogen (secondary N) is 1. The van der Waals surface area contributed by atoms with Crippen LogP contribution < -0.4 is 5.32 Å². The number of fused-ring (bicyclic) bond motifs is 1. The molecule has 7 nitrogen and oxygen atoms in total. The van der Waals surface area contributed by atoms with E-state index in [9.17, 15) is 19.2 Å². The van der Waals surface area contributed by atoms with Gasteiger partial charge < -0.3 is 10.4 Å². The van der Waals surface area contributed by atoms with Gasteiger partial charge in [-0.15, -0.1) is 0 Å². The number of hydrogen-bond acceptors (Lipinski definition) is 5. The van der Waals surface area contributed by atoms with Crippen LogP contribution in [0.3, 0.4) is 0 Å². The number of carboxylic acid groups (broad SMARTS) is 1. The molecular weight excluding hydrogens is 380 g/mol. The maximum atomic E-state index is 12.9. The molecule has 0 fully saturated rings. The van der Waals surface area contributed by atoms with Gasteiger partial charge >= 0.3 is 5.97 Å². The topological polar surface area (TPSA) is 104 Å². The number of thioether (sulfide) groups is 1. The Bertz CT molecular complexity index is 907. The number of rotatable bonds is 7. The summed E-state index contributed by atoms with van der Waals surface area (Å²) in [6, 6.07) is 11.2. The summed E-state index contributed by atoms with van der Waals surface area (Å²) in [6.45, 7) is 0. The Hall–Kier alpha value is -3.13. The van der Waals surface area contributed by atoms with E-state index in [1.807, 2.05) is 6.26 Å². The van der Waals surface area contributed by atoms with Gasteiger partial charge in [-0.3, -0.25) is 19.3 Å². The molecule has 0 unspecified atom stereocenters. The standard InChI is InChI=1S/C20H18N2O5S/c1-28-11-10-16(17(23)21-13-8-6-12(7-9-13)20(26)27)22-18(24)14-4-2-3-5-15(14)19(22)25/h2-9,16H,10-11H2,1H3,(H,21,23)(H,26,27)/t16-/m1/s1. The highest BCUT2D eigenvalue weighted by Gasteiger charge is 2.42. The summed E-state index contributed by atoms with van der Waals surface area (Å²) >= 11 is 1.51. The fraction of sp³-hybridized carbons (Fsp3) is 0.200. The van der Waals surface area contributed by atoms with Gasteiger partial charge in [-0.2, -0.15) is 11.8 Å². The number of aromatic carboxylic acids is 1. The number of benzene rings is 2. The van der Waals surface area contributed by atoms with Gasteiger partial charge in [0.2, 0.25) is 5.91 Å². The van der Waals surface area contributed by atoms with Gasteiger partial charge in [0.1, 0.15) is 6.04 Å². The molecule has 1 aliphatic heterocycles. The number of amides is 3. The Labute approximate surface area is 165 Å². The molecule has 0 saturated carbocycles. The third-order valence-corrected chi connectivity index (χ3v) is 5.08. The fourth-order valence-corrected chi connectivity index (χ4v) is 3.48. The van der Waals surface area contributed by atoms with E-state index in [0.29, 0.717) is 29.0 Å². The van der Waals surface area contributed by atoms with Crippen molar-refractivity contribution < 1.29 is 24.3 Å². The van der Waals surface area contributed by atoms with E-state index in [1.54, 1.807) is 24.3 Å². The van der Waals surface area contributed by atoms with Crippen LogP contribution in [0.15, 0.2) is 48.5 Å². The van der Waals surface area contributed by atoms with Crippen LogP contribution in [-0.2, 0) is 4.79 Å². The van der Waals surface area contributed by atoms with Crippen LogP contribution >= 0.6 is 11.8 Å². The number of carbonyl (C=O) groups is 4. The summed E-state index contributed by atoms with van der Waals surface area (Å²) in [6.07, 6.45) is 2.19. The number of nitrogens with zero attached hydrogens (tertiary/aromatic N) is 1. The molecule has 28 heavy (non-hydrogen) atoms. The predicted octanol–water partition coefficient (Wildman–Crippen LogP) is 2.74. The van der Waals surface area contributed by atoms with E-state index in [0.717, 1.165) is 4.90 Å². The van der Waals surface area contributed by atoms with E-state index in [4.69, 9.17) is 5.11 Å². The smallest absolute Gasteiger partial charge is 0.335 e. The van der Waals surface area contributed by atoms with Crippen molar-refractivity contribution in [2.45, 2.75) is 12.5 Å². The largest absolute Gasteiger partial charge is 0.478 e. The van der Waals surface area contributed by atoms with Crippen LogP contribution in [0.1, 0.15) is 37.5 Å². The normalized spacial score (nSPS) is 14.0. The predicted molar refractivity (Wildman–Crippen MR) is 106 cm³/mol. The molecule has 2 aromatic carbocycles. The van der Waals surface area contributed by atoms with Crippen molar-refractivity contribution in [3.05, 3.63) is 65.2 Å². The zero-order valence-corrected chi connectivity index (χ0v) is 15.9. The van der Waals surface area contributed by atoms with Crippen LogP contribution in [0.5, 0.6) is 0 Å². The summed E-state index contributed by atoms with van der Waals surface area (Å²) in [4.78, 5) is 50.3. The molecule has 0 spiro atoms. The minimum Gasteiger partial charge on any atom is -0.478 e. The van der Waals surface area contributed by atoms with Crippen molar-refractivity contribution in [2.75, 3.05) is 17.3 Å². The average Bonchev–Trinajstić information content (AvgIpc) is 2.94. The quantitative estimate of drug-likeness (QED) is 0.695. The molecule has 2 aromatic rings. The van der Waals surface area contributed by atoms with Crippen molar-refractivity contribution >= 4 is 41.1 Å². The van der Waals surface area contributed by atoms with Gasteiger partial charge in [0.25, 0.3) is 11.8 Å². The fourth-order valence-electron chi connectivity index (χ4n) is 3.02. The highest BCUT2D eigenvalue weighted by atomic mass is 32.2. The Kier molecular flexibility index (Phi) is 5.79. The first-order chi connectivity index (χ1) is 13.4. The van der Waals surface area contributed by atoms with E-state index in [-0.39, 0.29) is 5.56 Å². The summed E-state index contributed by atoms with van der Waals surface area (Å²) in [7, 11) is 0. The van der Waals surface area contributed by atoms with E-state index >= 15 is 0 Å². The summed E-state index contributed by atoms with van der Waals surface area (Å²) in [5, 5.41) is 11.6. The molecule has 0 saturated heterocycles. The average molecular weight is 398 g/mol.